The highest BCUT2D eigenvalue weighted by Gasteiger charge is 2.25. The molecular formula is C24H29N2+. The van der Waals surface area contributed by atoms with Crippen LogP contribution in [0.3, 0.4) is 0 Å². The zero-order valence-corrected chi connectivity index (χ0v) is 16.2. The number of nitrogens with zero attached hydrogens (tertiary/aromatic N) is 2. The van der Waals surface area contributed by atoms with Crippen molar-refractivity contribution in [3.8, 4) is 0 Å². The fourth-order valence-electron chi connectivity index (χ4n) is 4.33. The molecule has 2 aliphatic heterocycles. The van der Waals surface area contributed by atoms with Gasteiger partial charge in [-0.1, -0.05) is 36.2 Å². The van der Waals surface area contributed by atoms with Gasteiger partial charge in [0.1, 0.15) is 0 Å². The van der Waals surface area contributed by atoms with E-state index in [-0.39, 0.29) is 0 Å². The van der Waals surface area contributed by atoms with Gasteiger partial charge in [-0.2, -0.15) is 4.58 Å². The molecule has 26 heavy (non-hydrogen) atoms. The summed E-state index contributed by atoms with van der Waals surface area (Å²) in [4.78, 5) is 2.40. The first kappa shape index (κ1) is 17.1. The fourth-order valence-corrected chi connectivity index (χ4v) is 4.33. The zero-order chi connectivity index (χ0) is 18.1. The lowest BCUT2D eigenvalue weighted by atomic mass is 9.94. The van der Waals surface area contributed by atoms with Crippen molar-refractivity contribution in [1.29, 1.82) is 0 Å². The maximum Gasteiger partial charge on any atom is 0.208 e. The van der Waals surface area contributed by atoms with Crippen molar-refractivity contribution in [2.45, 2.75) is 40.0 Å². The number of allylic oxidation sites excluding steroid dienone is 1. The Balaban J connectivity index is 1.60. The van der Waals surface area contributed by atoms with Crippen molar-refractivity contribution in [2.75, 3.05) is 18.0 Å². The van der Waals surface area contributed by atoms with Gasteiger partial charge < -0.3 is 4.90 Å². The first-order valence-electron chi connectivity index (χ1n) is 9.84. The third-order valence-electron chi connectivity index (χ3n) is 5.54. The van der Waals surface area contributed by atoms with Crippen molar-refractivity contribution in [3.63, 3.8) is 0 Å². The minimum absolute atomic E-state index is 0.688. The lowest BCUT2D eigenvalue weighted by molar-refractivity contribution is -0.449. The fraction of sp³-hybridized carbons (Fsp3) is 0.375. The van der Waals surface area contributed by atoms with Crippen LogP contribution in [-0.4, -0.2) is 23.9 Å². The van der Waals surface area contributed by atoms with E-state index in [1.54, 1.807) is 0 Å². The van der Waals surface area contributed by atoms with Crippen molar-refractivity contribution in [2.24, 2.45) is 5.92 Å². The van der Waals surface area contributed by atoms with Crippen LogP contribution in [0.25, 0.3) is 0 Å². The summed E-state index contributed by atoms with van der Waals surface area (Å²) in [6.07, 6.45) is 10.3. The monoisotopic (exact) mass is 345 g/mol. The maximum atomic E-state index is 2.42. The van der Waals surface area contributed by atoms with E-state index in [2.05, 4.69) is 85.1 Å². The number of rotatable bonds is 2. The Morgan fingerprint density at radius 3 is 2.65 bits per heavy atom. The van der Waals surface area contributed by atoms with Crippen LogP contribution in [0.5, 0.6) is 0 Å². The minimum Gasteiger partial charge on any atom is -0.348 e. The molecule has 0 spiro atoms. The van der Waals surface area contributed by atoms with Gasteiger partial charge in [0.15, 0.2) is 12.8 Å². The summed E-state index contributed by atoms with van der Waals surface area (Å²) in [6.45, 7) is 8.91. The highest BCUT2D eigenvalue weighted by Crippen LogP contribution is 2.29. The van der Waals surface area contributed by atoms with Crippen LogP contribution in [0.1, 0.15) is 35.6 Å². The van der Waals surface area contributed by atoms with Gasteiger partial charge in [-0.05, 0) is 50.8 Å². The van der Waals surface area contributed by atoms with Crippen LogP contribution in [-0.2, 0) is 12.8 Å². The van der Waals surface area contributed by atoms with Crippen LogP contribution in [0, 0.1) is 19.8 Å². The Morgan fingerprint density at radius 2 is 1.81 bits per heavy atom. The molecule has 2 aliphatic rings. The van der Waals surface area contributed by atoms with E-state index in [4.69, 9.17) is 0 Å². The number of hydrogen-bond donors (Lipinski definition) is 0. The minimum atomic E-state index is 0.688. The molecule has 0 bridgehead atoms. The number of fused-ring (bicyclic) bond motifs is 2. The summed E-state index contributed by atoms with van der Waals surface area (Å²) in [5, 5.41) is 0. The van der Waals surface area contributed by atoms with Crippen LogP contribution >= 0.6 is 0 Å². The molecule has 0 N–H and O–H groups in total. The van der Waals surface area contributed by atoms with Crippen molar-refractivity contribution < 1.29 is 4.58 Å². The Bertz CT molecular complexity index is 876. The molecule has 1 atom stereocenters. The Labute approximate surface area is 157 Å². The summed E-state index contributed by atoms with van der Waals surface area (Å²) < 4.78 is 2.42. The van der Waals surface area contributed by atoms with Crippen LogP contribution < -0.4 is 4.90 Å². The van der Waals surface area contributed by atoms with Gasteiger partial charge in [0.2, 0.25) is 5.69 Å². The first-order chi connectivity index (χ1) is 12.6. The third-order valence-corrected chi connectivity index (χ3v) is 5.54. The van der Waals surface area contributed by atoms with Crippen LogP contribution in [0.2, 0.25) is 0 Å². The molecule has 134 valence electrons. The molecule has 0 radical (unpaired) electrons. The summed E-state index contributed by atoms with van der Waals surface area (Å²) in [5.74, 6) is 0.688. The molecule has 0 fully saturated rings. The first-order valence-corrected chi connectivity index (χ1v) is 9.84. The molecule has 0 aromatic heterocycles. The molecule has 0 saturated heterocycles. The number of anilines is 1. The number of hydrogen-bond acceptors (Lipinski definition) is 1. The highest BCUT2D eigenvalue weighted by molar-refractivity contribution is 5.70. The molecule has 0 amide bonds. The van der Waals surface area contributed by atoms with Crippen LogP contribution in [0.4, 0.5) is 11.4 Å². The quantitative estimate of drug-likeness (QED) is 0.680. The molecular weight excluding hydrogens is 316 g/mol. The second-order valence-corrected chi connectivity index (χ2v) is 8.01. The largest absolute Gasteiger partial charge is 0.348 e. The molecule has 1 unspecified atom stereocenters. The maximum absolute atomic E-state index is 2.42. The average Bonchev–Trinajstić information content (AvgIpc) is 2.61. The lowest BCUT2D eigenvalue weighted by Crippen LogP contribution is -2.25. The topological polar surface area (TPSA) is 6.25 Å². The zero-order valence-electron chi connectivity index (χ0n) is 16.2. The predicted molar refractivity (Wildman–Crippen MR) is 111 cm³/mol. The summed E-state index contributed by atoms with van der Waals surface area (Å²) >= 11 is 0. The Hall–Kier alpha value is -2.35. The normalized spacial score (nSPS) is 21.1. The van der Waals surface area contributed by atoms with Crippen molar-refractivity contribution >= 4 is 17.6 Å². The van der Waals surface area contributed by atoms with E-state index in [1.165, 1.54) is 52.9 Å². The van der Waals surface area contributed by atoms with Crippen LogP contribution in [0.15, 0.2) is 48.7 Å². The smallest absolute Gasteiger partial charge is 0.208 e. The van der Waals surface area contributed by atoms with E-state index in [1.807, 2.05) is 0 Å². The van der Waals surface area contributed by atoms with Gasteiger partial charge >= 0.3 is 0 Å². The number of benzene rings is 2. The van der Waals surface area contributed by atoms with Gasteiger partial charge in [-0.15, -0.1) is 0 Å². The van der Waals surface area contributed by atoms with Gasteiger partial charge in [0, 0.05) is 42.1 Å². The SMILES string of the molecule is Cc1ccc2c(c1)CCCN2/C=C/C=[N+]1CC(C)Cc2cc(C)ccc21. The molecule has 0 aliphatic carbocycles. The Kier molecular flexibility index (Phi) is 4.67. The summed E-state index contributed by atoms with van der Waals surface area (Å²) in [7, 11) is 0. The molecule has 2 aromatic carbocycles. The average molecular weight is 346 g/mol. The number of aryl methyl sites for hydroxylation is 3. The second-order valence-electron chi connectivity index (χ2n) is 8.01. The molecule has 2 nitrogen and oxygen atoms in total. The molecule has 2 heterocycles. The van der Waals surface area contributed by atoms with Crippen molar-refractivity contribution in [1.82, 2.24) is 0 Å². The lowest BCUT2D eigenvalue weighted by Gasteiger charge is -2.28. The van der Waals surface area contributed by atoms with Crippen molar-refractivity contribution in [3.05, 3.63) is 70.9 Å². The standard InChI is InChI=1S/C24H29N2/c1-18-7-9-23-21(14-18)6-4-11-25(23)12-5-13-26-17-20(3)16-22-15-19(2)8-10-24(22)26/h5,7-10,12-15,20H,4,6,11,16-17H2,1-3H3/q+1. The third kappa shape index (κ3) is 3.46. The second kappa shape index (κ2) is 7.11. The van der Waals surface area contributed by atoms with E-state index in [9.17, 15) is 0 Å². The van der Waals surface area contributed by atoms with Gasteiger partial charge in [-0.3, -0.25) is 0 Å². The van der Waals surface area contributed by atoms with Gasteiger partial charge in [0.25, 0.3) is 0 Å². The van der Waals surface area contributed by atoms with Gasteiger partial charge in [-0.25, -0.2) is 0 Å². The van der Waals surface area contributed by atoms with E-state index < -0.39 is 0 Å². The predicted octanol–water partition coefficient (Wildman–Crippen LogP) is 5.18. The molecule has 2 aromatic rings. The molecule has 4 rings (SSSR count). The van der Waals surface area contributed by atoms with E-state index >= 15 is 0 Å². The van der Waals surface area contributed by atoms with Gasteiger partial charge in [0.05, 0.1) is 0 Å². The molecule has 0 saturated carbocycles. The summed E-state index contributed by atoms with van der Waals surface area (Å²) in [6, 6.07) is 13.7. The Morgan fingerprint density at radius 1 is 1.04 bits per heavy atom. The highest BCUT2D eigenvalue weighted by atomic mass is 15.1. The van der Waals surface area contributed by atoms with E-state index in [0.717, 1.165) is 13.1 Å². The molecule has 2 heteroatoms. The summed E-state index contributed by atoms with van der Waals surface area (Å²) in [5.41, 5.74) is 8.41. The van der Waals surface area contributed by atoms with E-state index in [0.29, 0.717) is 5.92 Å².